The topological polar surface area (TPSA) is 38.9 Å². The van der Waals surface area contributed by atoms with E-state index in [9.17, 15) is 0 Å². The van der Waals surface area contributed by atoms with Crippen LogP contribution < -0.4 is 0 Å². The van der Waals surface area contributed by atoms with E-state index >= 15 is 0 Å². The molecular weight excluding hydrogens is 645 g/mol. The van der Waals surface area contributed by atoms with Crippen molar-refractivity contribution in [2.24, 2.45) is 0 Å². The summed E-state index contributed by atoms with van der Waals surface area (Å²) < 4.78 is 6.13. The second kappa shape index (κ2) is 11.7. The zero-order valence-electron chi connectivity index (χ0n) is 28.6. The lowest BCUT2D eigenvalue weighted by Gasteiger charge is -2.14. The third-order valence-electron chi connectivity index (χ3n) is 10.7. The lowest BCUT2D eigenvalue weighted by atomic mass is 9.90. The van der Waals surface area contributed by atoms with Gasteiger partial charge >= 0.3 is 0 Å². The molecule has 11 rings (SSSR count). The van der Waals surface area contributed by atoms with Gasteiger partial charge in [-0.2, -0.15) is 0 Å². The molecule has 0 bridgehead atoms. The third-order valence-corrected chi connectivity index (χ3v) is 10.7. The number of hydrogen-bond donors (Lipinski definition) is 0. The van der Waals surface area contributed by atoms with Gasteiger partial charge in [0, 0.05) is 27.1 Å². The summed E-state index contributed by atoms with van der Waals surface area (Å²) in [7, 11) is 0. The molecule has 9 aromatic carbocycles. The van der Waals surface area contributed by atoms with Crippen molar-refractivity contribution in [3.05, 3.63) is 182 Å². The molecule has 246 valence electrons. The summed E-state index contributed by atoms with van der Waals surface area (Å²) in [5.41, 5.74) is 12.6. The van der Waals surface area contributed by atoms with Crippen molar-refractivity contribution in [1.82, 2.24) is 9.97 Å². The highest BCUT2D eigenvalue weighted by atomic mass is 16.3. The Morgan fingerprint density at radius 3 is 1.53 bits per heavy atom. The van der Waals surface area contributed by atoms with Crippen LogP contribution in [0, 0.1) is 0 Å². The van der Waals surface area contributed by atoms with Crippen LogP contribution in [0.3, 0.4) is 0 Å². The average Bonchev–Trinajstić information content (AvgIpc) is 3.61. The zero-order valence-corrected chi connectivity index (χ0v) is 28.6. The first kappa shape index (κ1) is 29.6. The molecule has 11 aromatic rings. The van der Waals surface area contributed by atoms with Crippen molar-refractivity contribution in [3.63, 3.8) is 0 Å². The van der Waals surface area contributed by atoms with Gasteiger partial charge in [-0.25, -0.2) is 4.98 Å². The third kappa shape index (κ3) is 4.75. The van der Waals surface area contributed by atoms with Crippen LogP contribution in [-0.4, -0.2) is 9.97 Å². The van der Waals surface area contributed by atoms with Crippen molar-refractivity contribution in [2.45, 2.75) is 0 Å². The van der Waals surface area contributed by atoms with Gasteiger partial charge in [-0.1, -0.05) is 146 Å². The molecule has 0 spiro atoms. The summed E-state index contributed by atoms with van der Waals surface area (Å²) >= 11 is 0. The SMILES string of the molecule is c1cc(-c2cccc(-c3ccc(-c4ccc5oc6ccccc6c5c4)c4ccccc34)c2)cc(-c2cnc3c4ccccc4c4ccccc4c3n2)c1. The Labute approximate surface area is 305 Å². The van der Waals surface area contributed by atoms with E-state index in [0.717, 1.165) is 66.1 Å². The molecule has 0 unspecified atom stereocenters. The fourth-order valence-electron chi connectivity index (χ4n) is 8.18. The molecule has 0 fully saturated rings. The van der Waals surface area contributed by atoms with Gasteiger partial charge in [0.1, 0.15) is 11.2 Å². The van der Waals surface area contributed by atoms with Gasteiger partial charge in [0.05, 0.1) is 22.9 Å². The van der Waals surface area contributed by atoms with Gasteiger partial charge in [-0.3, -0.25) is 4.98 Å². The smallest absolute Gasteiger partial charge is 0.135 e. The Hall–Kier alpha value is -7.10. The van der Waals surface area contributed by atoms with Crippen molar-refractivity contribution < 1.29 is 4.42 Å². The number of rotatable bonds is 4. The Morgan fingerprint density at radius 1 is 0.321 bits per heavy atom. The van der Waals surface area contributed by atoms with Crippen molar-refractivity contribution in [1.29, 1.82) is 0 Å². The van der Waals surface area contributed by atoms with E-state index in [1.165, 1.54) is 43.8 Å². The largest absolute Gasteiger partial charge is 0.456 e. The van der Waals surface area contributed by atoms with Crippen LogP contribution in [0.2, 0.25) is 0 Å². The molecule has 2 heterocycles. The molecular formula is C50H30N2O. The molecule has 0 saturated heterocycles. The number of furan rings is 1. The first-order valence-corrected chi connectivity index (χ1v) is 18.0. The second-order valence-corrected chi connectivity index (χ2v) is 13.7. The summed E-state index contributed by atoms with van der Waals surface area (Å²) in [5, 5.41) is 9.36. The summed E-state index contributed by atoms with van der Waals surface area (Å²) in [6, 6.07) is 62.5. The molecule has 0 aliphatic heterocycles. The van der Waals surface area contributed by atoms with E-state index in [0.29, 0.717) is 0 Å². The number of aromatic nitrogens is 2. The van der Waals surface area contributed by atoms with Crippen LogP contribution in [0.5, 0.6) is 0 Å². The van der Waals surface area contributed by atoms with E-state index < -0.39 is 0 Å². The van der Waals surface area contributed by atoms with Gasteiger partial charge in [-0.05, 0) is 85.3 Å². The minimum absolute atomic E-state index is 0.860. The summed E-state index contributed by atoms with van der Waals surface area (Å²) in [6.07, 6.45) is 1.92. The molecule has 0 amide bonds. The first-order valence-electron chi connectivity index (χ1n) is 18.0. The summed E-state index contributed by atoms with van der Waals surface area (Å²) in [4.78, 5) is 10.3. The lowest BCUT2D eigenvalue weighted by Crippen LogP contribution is -1.92. The van der Waals surface area contributed by atoms with Gasteiger partial charge in [0.25, 0.3) is 0 Å². The maximum absolute atomic E-state index is 6.13. The highest BCUT2D eigenvalue weighted by Crippen LogP contribution is 2.40. The van der Waals surface area contributed by atoms with E-state index in [2.05, 4.69) is 164 Å². The van der Waals surface area contributed by atoms with E-state index in [4.69, 9.17) is 14.4 Å². The normalized spacial score (nSPS) is 11.8. The highest BCUT2D eigenvalue weighted by Gasteiger charge is 2.15. The molecule has 3 nitrogen and oxygen atoms in total. The number of benzene rings is 9. The average molecular weight is 675 g/mol. The maximum atomic E-state index is 6.13. The van der Waals surface area contributed by atoms with Crippen LogP contribution in [0.4, 0.5) is 0 Å². The van der Waals surface area contributed by atoms with Crippen LogP contribution >= 0.6 is 0 Å². The van der Waals surface area contributed by atoms with Crippen LogP contribution in [0.25, 0.3) is 110 Å². The molecule has 2 aromatic heterocycles. The predicted molar refractivity (Wildman–Crippen MR) is 221 cm³/mol. The number of nitrogens with zero attached hydrogens (tertiary/aromatic N) is 2. The van der Waals surface area contributed by atoms with E-state index in [1.807, 2.05) is 18.3 Å². The number of hydrogen-bond acceptors (Lipinski definition) is 3. The monoisotopic (exact) mass is 674 g/mol. The lowest BCUT2D eigenvalue weighted by molar-refractivity contribution is 0.669. The minimum Gasteiger partial charge on any atom is -0.456 e. The Bertz CT molecular complexity index is 3210. The molecule has 3 heteroatoms. The van der Waals surface area contributed by atoms with Gasteiger partial charge in [0.15, 0.2) is 0 Å². The molecule has 0 radical (unpaired) electrons. The highest BCUT2D eigenvalue weighted by molar-refractivity contribution is 6.23. The molecule has 0 N–H and O–H groups in total. The number of para-hydroxylation sites is 1. The zero-order chi connectivity index (χ0) is 34.9. The van der Waals surface area contributed by atoms with Crippen LogP contribution in [0.1, 0.15) is 0 Å². The molecule has 0 atom stereocenters. The molecule has 0 aliphatic rings. The molecule has 0 saturated carbocycles. The predicted octanol–water partition coefficient (Wildman–Crippen LogP) is 13.7. The fourth-order valence-corrected chi connectivity index (χ4v) is 8.18. The van der Waals surface area contributed by atoms with Crippen molar-refractivity contribution in [2.75, 3.05) is 0 Å². The van der Waals surface area contributed by atoms with Gasteiger partial charge < -0.3 is 4.42 Å². The summed E-state index contributed by atoms with van der Waals surface area (Å²) in [5.74, 6) is 0. The van der Waals surface area contributed by atoms with Gasteiger partial charge in [-0.15, -0.1) is 0 Å². The summed E-state index contributed by atoms with van der Waals surface area (Å²) in [6.45, 7) is 0. The maximum Gasteiger partial charge on any atom is 0.135 e. The standard InChI is InChI=1S/C50H30N2O/c1-2-16-39-37(34-23-26-48-45(29-34)42-19-7-8-22-47(42)53-48)25-24-36(38(39)15-1)33-13-9-11-31(27-33)32-12-10-14-35(28-32)46-30-51-49-43-20-5-3-17-40(43)41-18-4-6-21-44(41)50(49)52-46/h1-30H. The van der Waals surface area contributed by atoms with Crippen LogP contribution in [-0.2, 0) is 0 Å². The van der Waals surface area contributed by atoms with Crippen molar-refractivity contribution >= 4 is 65.3 Å². The Kier molecular flexibility index (Phi) is 6.55. The number of fused-ring (bicyclic) bond motifs is 10. The molecule has 0 aliphatic carbocycles. The van der Waals surface area contributed by atoms with Crippen LogP contribution in [0.15, 0.2) is 187 Å². The Morgan fingerprint density at radius 2 is 0.830 bits per heavy atom. The quantitative estimate of drug-likeness (QED) is 0.174. The van der Waals surface area contributed by atoms with E-state index in [-0.39, 0.29) is 0 Å². The molecule has 53 heavy (non-hydrogen) atoms. The fraction of sp³-hybridized carbons (Fsp3) is 0. The Balaban J connectivity index is 0.993. The van der Waals surface area contributed by atoms with Gasteiger partial charge in [0.2, 0.25) is 0 Å². The first-order chi connectivity index (χ1) is 26.3. The van der Waals surface area contributed by atoms with Crippen molar-refractivity contribution in [3.8, 4) is 44.6 Å². The minimum atomic E-state index is 0.860. The second-order valence-electron chi connectivity index (χ2n) is 13.7. The van der Waals surface area contributed by atoms with E-state index in [1.54, 1.807) is 0 Å².